The van der Waals surface area contributed by atoms with Crippen LogP contribution in [0.15, 0.2) is 103 Å². The van der Waals surface area contributed by atoms with Gasteiger partial charge in [0.2, 0.25) is 5.91 Å². The van der Waals surface area contributed by atoms with Gasteiger partial charge in [-0.2, -0.15) is 0 Å². The molecule has 1 heterocycles. The summed E-state index contributed by atoms with van der Waals surface area (Å²) in [5.74, 6) is 0.203. The SMILES string of the molecule is CC/C=C\C/C=C\C/C=C\C/C=C\C/C=C\C/C=C\CCC(=O)N(C)CCc1c[nH]c2ccccc12. The van der Waals surface area contributed by atoms with Crippen LogP contribution in [0.25, 0.3) is 10.9 Å². The van der Waals surface area contributed by atoms with Gasteiger partial charge in [0.15, 0.2) is 0 Å². The van der Waals surface area contributed by atoms with E-state index in [-0.39, 0.29) is 5.91 Å². The van der Waals surface area contributed by atoms with Crippen molar-refractivity contribution in [1.29, 1.82) is 0 Å². The molecule has 0 atom stereocenters. The third-order valence-electron chi connectivity index (χ3n) is 5.94. The van der Waals surface area contributed by atoms with E-state index >= 15 is 0 Å². The van der Waals surface area contributed by atoms with Crippen LogP contribution in [-0.4, -0.2) is 29.4 Å². The van der Waals surface area contributed by atoms with Crippen molar-refractivity contribution in [1.82, 2.24) is 9.88 Å². The van der Waals surface area contributed by atoms with Gasteiger partial charge in [0.05, 0.1) is 0 Å². The number of carbonyl (C=O) groups is 1. The maximum atomic E-state index is 12.4. The Balaban J connectivity index is 1.48. The second-order valence-corrected chi connectivity index (χ2v) is 8.88. The molecular weight excluding hydrogens is 440 g/mol. The number of aromatic amines is 1. The van der Waals surface area contributed by atoms with E-state index in [9.17, 15) is 4.79 Å². The summed E-state index contributed by atoms with van der Waals surface area (Å²) in [6.45, 7) is 2.90. The van der Waals surface area contributed by atoms with Gasteiger partial charge in [-0.15, -0.1) is 0 Å². The Bertz CT molecular complexity index is 1050. The molecule has 0 saturated carbocycles. The summed E-state index contributed by atoms with van der Waals surface area (Å²) in [6.07, 6.45) is 36.6. The number of allylic oxidation sites excluding steroid dienone is 12. The van der Waals surface area contributed by atoms with E-state index in [1.54, 1.807) is 0 Å². The van der Waals surface area contributed by atoms with Crippen LogP contribution in [-0.2, 0) is 11.2 Å². The summed E-state index contributed by atoms with van der Waals surface area (Å²) in [4.78, 5) is 17.6. The van der Waals surface area contributed by atoms with Crippen LogP contribution in [0.2, 0.25) is 0 Å². The molecule has 0 fully saturated rings. The van der Waals surface area contributed by atoms with Crippen molar-refractivity contribution in [3.8, 4) is 0 Å². The van der Waals surface area contributed by atoms with Crippen LogP contribution in [0, 0.1) is 0 Å². The first-order chi connectivity index (χ1) is 17.7. The lowest BCUT2D eigenvalue weighted by molar-refractivity contribution is -0.129. The molecule has 0 radical (unpaired) electrons. The predicted molar refractivity (Wildman–Crippen MR) is 157 cm³/mol. The van der Waals surface area contributed by atoms with Gasteiger partial charge in [-0.05, 0) is 63.0 Å². The molecule has 1 N–H and O–H groups in total. The Hall–Kier alpha value is -3.33. The molecule has 0 aliphatic rings. The summed E-state index contributed by atoms with van der Waals surface area (Å²) < 4.78 is 0. The zero-order valence-corrected chi connectivity index (χ0v) is 22.2. The molecule has 1 aromatic carbocycles. The number of amides is 1. The molecule has 192 valence electrons. The van der Waals surface area contributed by atoms with Crippen LogP contribution in [0.5, 0.6) is 0 Å². The minimum atomic E-state index is 0.203. The van der Waals surface area contributed by atoms with Crippen molar-refractivity contribution in [2.75, 3.05) is 13.6 Å². The highest BCUT2D eigenvalue weighted by molar-refractivity contribution is 5.83. The van der Waals surface area contributed by atoms with Crippen LogP contribution in [0.4, 0.5) is 0 Å². The molecule has 2 rings (SSSR count). The number of H-pyrrole nitrogens is 1. The Kier molecular flexibility index (Phi) is 15.2. The number of hydrogen-bond acceptors (Lipinski definition) is 1. The fraction of sp³-hybridized carbons (Fsp3) is 0.364. The lowest BCUT2D eigenvalue weighted by Gasteiger charge is -2.16. The van der Waals surface area contributed by atoms with Gasteiger partial charge < -0.3 is 9.88 Å². The molecule has 1 amide bonds. The largest absolute Gasteiger partial charge is 0.361 e. The Morgan fingerprint density at radius 1 is 0.778 bits per heavy atom. The van der Waals surface area contributed by atoms with Crippen LogP contribution in [0.3, 0.4) is 0 Å². The van der Waals surface area contributed by atoms with Crippen molar-refractivity contribution >= 4 is 16.8 Å². The number of fused-ring (bicyclic) bond motifs is 1. The zero-order chi connectivity index (χ0) is 25.7. The van der Waals surface area contributed by atoms with Crippen molar-refractivity contribution in [2.45, 2.75) is 64.7 Å². The minimum absolute atomic E-state index is 0.203. The van der Waals surface area contributed by atoms with Crippen LogP contribution in [0.1, 0.15) is 63.9 Å². The van der Waals surface area contributed by atoms with Gasteiger partial charge in [0, 0.05) is 37.1 Å². The highest BCUT2D eigenvalue weighted by Gasteiger charge is 2.09. The van der Waals surface area contributed by atoms with Crippen LogP contribution >= 0.6 is 0 Å². The lowest BCUT2D eigenvalue weighted by Crippen LogP contribution is -2.28. The van der Waals surface area contributed by atoms with E-state index in [2.05, 4.69) is 109 Å². The molecule has 1 aromatic heterocycles. The summed E-state index contributed by atoms with van der Waals surface area (Å²) in [7, 11) is 1.90. The monoisotopic (exact) mass is 484 g/mol. The summed E-state index contributed by atoms with van der Waals surface area (Å²) in [6, 6.07) is 8.30. The normalized spacial score (nSPS) is 12.7. The predicted octanol–water partition coefficient (Wildman–Crippen LogP) is 8.65. The Labute approximate surface area is 218 Å². The number of hydrogen-bond donors (Lipinski definition) is 1. The molecular formula is C33H44N2O. The first-order valence-corrected chi connectivity index (χ1v) is 13.4. The van der Waals surface area contributed by atoms with E-state index in [1.165, 1.54) is 10.9 Å². The quantitative estimate of drug-likeness (QED) is 0.224. The average molecular weight is 485 g/mol. The smallest absolute Gasteiger partial charge is 0.222 e. The third kappa shape index (κ3) is 12.4. The molecule has 0 spiro atoms. The first kappa shape index (κ1) is 28.9. The number of rotatable bonds is 17. The summed E-state index contributed by atoms with van der Waals surface area (Å²) in [5, 5.41) is 1.25. The number of carbonyl (C=O) groups excluding carboxylic acids is 1. The van der Waals surface area contributed by atoms with Gasteiger partial charge in [-0.25, -0.2) is 0 Å². The Morgan fingerprint density at radius 2 is 1.31 bits per heavy atom. The maximum Gasteiger partial charge on any atom is 0.222 e. The van der Waals surface area contributed by atoms with E-state index in [1.807, 2.05) is 18.0 Å². The molecule has 0 unspecified atom stereocenters. The van der Waals surface area contributed by atoms with E-state index < -0.39 is 0 Å². The molecule has 0 aliphatic heterocycles. The molecule has 3 nitrogen and oxygen atoms in total. The zero-order valence-electron chi connectivity index (χ0n) is 22.2. The molecule has 36 heavy (non-hydrogen) atoms. The van der Waals surface area contributed by atoms with E-state index in [0.717, 1.165) is 63.4 Å². The molecule has 2 aromatic rings. The second kappa shape index (κ2) is 18.9. The highest BCUT2D eigenvalue weighted by atomic mass is 16.2. The van der Waals surface area contributed by atoms with Crippen molar-refractivity contribution < 1.29 is 4.79 Å². The number of benzene rings is 1. The van der Waals surface area contributed by atoms with Crippen molar-refractivity contribution in [2.24, 2.45) is 0 Å². The number of nitrogens with one attached hydrogen (secondary N) is 1. The maximum absolute atomic E-state index is 12.4. The van der Waals surface area contributed by atoms with Gasteiger partial charge in [0.25, 0.3) is 0 Å². The number of para-hydroxylation sites is 1. The molecule has 3 heteroatoms. The number of likely N-dealkylation sites (N-methyl/N-ethyl adjacent to an activating group) is 1. The standard InChI is InChI=1S/C33H44N2O/c1-3-4-5-6-7-8-9-10-11-12-13-14-15-16-17-18-19-20-21-26-33(36)35(2)28-27-30-29-34-32-25-23-22-24-31(30)32/h4-5,7-8,10-11,13-14,16-17,19-20,22-25,29,34H,3,6,9,12,15,18,21,26-28H2,1-2H3/b5-4-,8-7-,11-10-,14-13-,17-16-,20-19-. The minimum Gasteiger partial charge on any atom is -0.361 e. The highest BCUT2D eigenvalue weighted by Crippen LogP contribution is 2.18. The van der Waals surface area contributed by atoms with Crippen molar-refractivity contribution in [3.05, 3.63) is 109 Å². The van der Waals surface area contributed by atoms with Gasteiger partial charge >= 0.3 is 0 Å². The summed E-state index contributed by atoms with van der Waals surface area (Å²) >= 11 is 0. The van der Waals surface area contributed by atoms with Crippen molar-refractivity contribution in [3.63, 3.8) is 0 Å². The average Bonchev–Trinajstić information content (AvgIpc) is 3.31. The summed E-state index contributed by atoms with van der Waals surface area (Å²) in [5.41, 5.74) is 2.42. The van der Waals surface area contributed by atoms with Gasteiger partial charge in [-0.3, -0.25) is 4.79 Å². The lowest BCUT2D eigenvalue weighted by atomic mass is 10.1. The second-order valence-electron chi connectivity index (χ2n) is 8.88. The Morgan fingerprint density at radius 3 is 1.89 bits per heavy atom. The third-order valence-corrected chi connectivity index (χ3v) is 5.94. The molecule has 0 bridgehead atoms. The number of nitrogens with zero attached hydrogens (tertiary/aromatic N) is 1. The fourth-order valence-corrected chi connectivity index (χ4v) is 3.79. The fourth-order valence-electron chi connectivity index (χ4n) is 3.79. The molecule has 0 saturated heterocycles. The van der Waals surface area contributed by atoms with Gasteiger partial charge in [-0.1, -0.05) is 98.0 Å². The van der Waals surface area contributed by atoms with E-state index in [0.29, 0.717) is 6.42 Å². The van der Waals surface area contributed by atoms with Crippen LogP contribution < -0.4 is 0 Å². The molecule has 0 aliphatic carbocycles. The number of aromatic nitrogens is 1. The van der Waals surface area contributed by atoms with Gasteiger partial charge in [0.1, 0.15) is 0 Å². The first-order valence-electron chi connectivity index (χ1n) is 13.4. The topological polar surface area (TPSA) is 36.1 Å². The van der Waals surface area contributed by atoms with E-state index in [4.69, 9.17) is 0 Å².